The Hall–Kier alpha value is -2.74. The van der Waals surface area contributed by atoms with Crippen LogP contribution in [0.3, 0.4) is 0 Å². The number of carbonyl (C=O) groups is 2. The molecule has 8 nitrogen and oxygen atoms in total. The van der Waals surface area contributed by atoms with Crippen molar-refractivity contribution in [2.24, 2.45) is 0 Å². The number of rotatable bonds is 3. The third-order valence-electron chi connectivity index (χ3n) is 5.11. The Morgan fingerprint density at radius 1 is 1.00 bits per heavy atom. The molecule has 1 aromatic heterocycles. The van der Waals surface area contributed by atoms with Crippen LogP contribution in [0.2, 0.25) is 0 Å². The minimum atomic E-state index is -0.298. The van der Waals surface area contributed by atoms with Crippen LogP contribution >= 0.6 is 0 Å². The quantitative estimate of drug-likeness (QED) is 0.810. The maximum atomic E-state index is 13.0. The van der Waals surface area contributed by atoms with Gasteiger partial charge in [0, 0.05) is 44.0 Å². The fraction of sp³-hybridized carbons (Fsp3) is 0.474. The van der Waals surface area contributed by atoms with E-state index in [2.05, 4.69) is 10.2 Å². The van der Waals surface area contributed by atoms with Gasteiger partial charge in [0.05, 0.1) is 0 Å². The maximum Gasteiger partial charge on any atom is 0.253 e. The lowest BCUT2D eigenvalue weighted by molar-refractivity contribution is -0.140. The Kier molecular flexibility index (Phi) is 5.15. The summed E-state index contributed by atoms with van der Waals surface area (Å²) in [6.45, 7) is 3.07. The normalized spacial score (nSPS) is 20.5. The van der Waals surface area contributed by atoms with E-state index < -0.39 is 0 Å². The van der Waals surface area contributed by atoms with Crippen LogP contribution in [0.25, 0.3) is 5.69 Å². The molecule has 2 aromatic rings. The Labute approximate surface area is 157 Å². The first kappa shape index (κ1) is 17.7. The van der Waals surface area contributed by atoms with Crippen molar-refractivity contribution < 1.29 is 14.3 Å². The molecule has 0 spiro atoms. The second kappa shape index (κ2) is 7.87. The Balaban J connectivity index is 1.42. The second-order valence-electron chi connectivity index (χ2n) is 6.89. The van der Waals surface area contributed by atoms with Gasteiger partial charge in [0.1, 0.15) is 18.8 Å². The molecule has 142 valence electrons. The molecule has 1 atom stereocenters. The van der Waals surface area contributed by atoms with E-state index in [1.54, 1.807) is 17.2 Å². The zero-order valence-corrected chi connectivity index (χ0v) is 15.2. The summed E-state index contributed by atoms with van der Waals surface area (Å²) in [5, 5.41) is 7.61. The van der Waals surface area contributed by atoms with Crippen LogP contribution in [0.15, 0.2) is 36.9 Å². The number of nitrogens with zero attached hydrogens (tertiary/aromatic N) is 5. The van der Waals surface area contributed by atoms with E-state index >= 15 is 0 Å². The van der Waals surface area contributed by atoms with Crippen molar-refractivity contribution in [3.63, 3.8) is 0 Å². The largest absolute Gasteiger partial charge is 0.368 e. The summed E-state index contributed by atoms with van der Waals surface area (Å²) in [5.74, 6) is 0.0488. The topological polar surface area (TPSA) is 80.6 Å². The van der Waals surface area contributed by atoms with Crippen molar-refractivity contribution in [3.8, 4) is 5.69 Å². The SMILES string of the molecule is O=C(c1cccc(-n2cnnc2)c1)N1CCCN(C(=O)C2CCCO2)CC1. The number of benzene rings is 1. The summed E-state index contributed by atoms with van der Waals surface area (Å²) < 4.78 is 7.28. The Morgan fingerprint density at radius 3 is 2.56 bits per heavy atom. The van der Waals surface area contributed by atoms with Crippen LogP contribution in [0.5, 0.6) is 0 Å². The first-order valence-electron chi connectivity index (χ1n) is 9.37. The average Bonchev–Trinajstić information content (AvgIpc) is 3.38. The van der Waals surface area contributed by atoms with Crippen LogP contribution in [0.1, 0.15) is 29.6 Å². The van der Waals surface area contributed by atoms with E-state index in [1.807, 2.05) is 34.1 Å². The van der Waals surface area contributed by atoms with Crippen molar-refractivity contribution in [3.05, 3.63) is 42.5 Å². The van der Waals surface area contributed by atoms with E-state index in [1.165, 1.54) is 0 Å². The van der Waals surface area contributed by atoms with Crippen molar-refractivity contribution in [1.29, 1.82) is 0 Å². The van der Waals surface area contributed by atoms with Crippen LogP contribution in [0.4, 0.5) is 0 Å². The van der Waals surface area contributed by atoms with E-state index in [4.69, 9.17) is 4.74 Å². The molecule has 3 heterocycles. The highest BCUT2D eigenvalue weighted by atomic mass is 16.5. The van der Waals surface area contributed by atoms with Crippen molar-refractivity contribution in [2.75, 3.05) is 32.8 Å². The van der Waals surface area contributed by atoms with Crippen LogP contribution < -0.4 is 0 Å². The molecule has 0 radical (unpaired) electrons. The summed E-state index contributed by atoms with van der Waals surface area (Å²) in [7, 11) is 0. The van der Waals surface area contributed by atoms with Crippen molar-refractivity contribution in [1.82, 2.24) is 24.6 Å². The summed E-state index contributed by atoms with van der Waals surface area (Å²) >= 11 is 0. The van der Waals surface area contributed by atoms with Crippen molar-refractivity contribution in [2.45, 2.75) is 25.4 Å². The monoisotopic (exact) mass is 369 g/mol. The number of carbonyl (C=O) groups excluding carboxylic acids is 2. The lowest BCUT2D eigenvalue weighted by atomic mass is 10.1. The molecule has 1 unspecified atom stereocenters. The molecule has 4 rings (SSSR count). The maximum absolute atomic E-state index is 13.0. The highest BCUT2D eigenvalue weighted by Crippen LogP contribution is 2.17. The first-order valence-corrected chi connectivity index (χ1v) is 9.37. The molecule has 0 aliphatic carbocycles. The number of hydrogen-bond donors (Lipinski definition) is 0. The minimum absolute atomic E-state index is 0.0173. The predicted octanol–water partition coefficient (Wildman–Crippen LogP) is 1.12. The molecule has 2 fully saturated rings. The summed E-state index contributed by atoms with van der Waals surface area (Å²) in [6.07, 6.45) is 5.42. The van der Waals surface area contributed by atoms with Gasteiger partial charge in [-0.15, -0.1) is 10.2 Å². The molecule has 0 saturated carbocycles. The third kappa shape index (κ3) is 3.85. The number of amides is 2. The molecule has 27 heavy (non-hydrogen) atoms. The summed E-state index contributed by atoms with van der Waals surface area (Å²) in [4.78, 5) is 29.2. The Morgan fingerprint density at radius 2 is 1.78 bits per heavy atom. The van der Waals surface area contributed by atoms with Gasteiger partial charge in [0.25, 0.3) is 11.8 Å². The fourth-order valence-corrected chi connectivity index (χ4v) is 3.63. The summed E-state index contributed by atoms with van der Waals surface area (Å²) in [6, 6.07) is 7.42. The van der Waals surface area contributed by atoms with Gasteiger partial charge in [0.15, 0.2) is 0 Å². The molecule has 8 heteroatoms. The van der Waals surface area contributed by atoms with Gasteiger partial charge in [-0.25, -0.2) is 0 Å². The van der Waals surface area contributed by atoms with Gasteiger partial charge >= 0.3 is 0 Å². The minimum Gasteiger partial charge on any atom is -0.368 e. The highest BCUT2D eigenvalue weighted by molar-refractivity contribution is 5.94. The van der Waals surface area contributed by atoms with Crippen molar-refractivity contribution >= 4 is 11.8 Å². The first-order chi connectivity index (χ1) is 13.2. The van der Waals surface area contributed by atoms with Gasteiger partial charge in [-0.05, 0) is 37.5 Å². The average molecular weight is 369 g/mol. The standard InChI is InChI=1S/C19H23N5O3/c25-18(15-4-1-5-16(12-15)24-13-20-21-14-24)22-7-3-8-23(10-9-22)19(26)17-6-2-11-27-17/h1,4-5,12-14,17H,2-3,6-11H2. The van der Waals surface area contributed by atoms with Gasteiger partial charge in [-0.1, -0.05) is 6.07 Å². The summed E-state index contributed by atoms with van der Waals surface area (Å²) in [5.41, 5.74) is 1.47. The van der Waals surface area contributed by atoms with Crippen LogP contribution in [-0.2, 0) is 9.53 Å². The third-order valence-corrected chi connectivity index (χ3v) is 5.11. The fourth-order valence-electron chi connectivity index (χ4n) is 3.63. The van der Waals surface area contributed by atoms with Crippen LogP contribution in [0, 0.1) is 0 Å². The smallest absolute Gasteiger partial charge is 0.253 e. The zero-order chi connectivity index (χ0) is 18.6. The van der Waals surface area contributed by atoms with Gasteiger partial charge < -0.3 is 14.5 Å². The van der Waals surface area contributed by atoms with Gasteiger partial charge in [-0.3, -0.25) is 14.2 Å². The van der Waals surface area contributed by atoms with E-state index in [9.17, 15) is 9.59 Å². The molecule has 2 aliphatic heterocycles. The Bertz CT molecular complexity index is 801. The molecule has 1 aromatic carbocycles. The highest BCUT2D eigenvalue weighted by Gasteiger charge is 2.30. The number of aromatic nitrogens is 3. The zero-order valence-electron chi connectivity index (χ0n) is 15.2. The molecule has 0 N–H and O–H groups in total. The van der Waals surface area contributed by atoms with Gasteiger partial charge in [-0.2, -0.15) is 0 Å². The van der Waals surface area contributed by atoms with E-state index in [0.717, 1.165) is 24.9 Å². The predicted molar refractivity (Wildman–Crippen MR) is 97.4 cm³/mol. The molecule has 2 aliphatic rings. The number of hydrogen-bond acceptors (Lipinski definition) is 5. The van der Waals surface area contributed by atoms with E-state index in [0.29, 0.717) is 38.3 Å². The van der Waals surface area contributed by atoms with E-state index in [-0.39, 0.29) is 17.9 Å². The lowest BCUT2D eigenvalue weighted by Crippen LogP contribution is -2.41. The van der Waals surface area contributed by atoms with Gasteiger partial charge in [0.2, 0.25) is 0 Å². The second-order valence-corrected chi connectivity index (χ2v) is 6.89. The molecule has 2 saturated heterocycles. The lowest BCUT2D eigenvalue weighted by Gasteiger charge is -2.24. The molecule has 2 amide bonds. The van der Waals surface area contributed by atoms with Crippen LogP contribution in [-0.4, -0.2) is 75.3 Å². The molecule has 0 bridgehead atoms. The number of ether oxygens (including phenoxy) is 1. The molecular weight excluding hydrogens is 346 g/mol. The molecular formula is C19H23N5O3.